The predicted molar refractivity (Wildman–Crippen MR) is 84.0 cm³/mol. The van der Waals surface area contributed by atoms with Gasteiger partial charge in [-0.25, -0.2) is 9.59 Å². The second-order valence-electron chi connectivity index (χ2n) is 4.80. The lowest BCUT2D eigenvalue weighted by atomic mass is 10.3. The molecule has 0 aliphatic rings. The molecule has 0 aromatic heterocycles. The summed E-state index contributed by atoms with van der Waals surface area (Å²) in [6.07, 6.45) is -3.02. The second-order valence-corrected chi connectivity index (χ2v) is 5.88. The Morgan fingerprint density at radius 3 is 1.54 bits per heavy atom. The zero-order valence-corrected chi connectivity index (χ0v) is 14.6. The van der Waals surface area contributed by atoms with Gasteiger partial charge in [-0.05, 0) is 13.8 Å². The van der Waals surface area contributed by atoms with Gasteiger partial charge in [-0.2, -0.15) is 0 Å². The van der Waals surface area contributed by atoms with Crippen LogP contribution in [0.2, 0.25) is 0 Å². The third-order valence-electron chi connectivity index (χ3n) is 2.35. The molecule has 9 nitrogen and oxygen atoms in total. The summed E-state index contributed by atoms with van der Waals surface area (Å²) in [5, 5.41) is 18.7. The van der Waals surface area contributed by atoms with E-state index in [2.05, 4.69) is 22.6 Å². The van der Waals surface area contributed by atoms with Crippen molar-refractivity contribution in [1.82, 2.24) is 0 Å². The molecule has 0 spiro atoms. The Kier molecular flexibility index (Phi) is 11.2. The van der Waals surface area contributed by atoms with E-state index in [1.54, 1.807) is 0 Å². The lowest BCUT2D eigenvalue weighted by Gasteiger charge is -2.13. The lowest BCUT2D eigenvalue weighted by molar-refractivity contribution is -0.165. The minimum atomic E-state index is -2.86. The molecule has 0 amide bonds. The Morgan fingerprint density at radius 1 is 0.917 bits per heavy atom. The summed E-state index contributed by atoms with van der Waals surface area (Å²) in [5.41, 5.74) is 0.274. The van der Waals surface area contributed by atoms with E-state index in [-0.39, 0.29) is 37.2 Å². The maximum atomic E-state index is 11.4. The average molecular weight is 366 g/mol. The molecule has 24 heavy (non-hydrogen) atoms. The standard InChI is InChI=1S/C14H23O9P/c1-9(2)13(17)22-11(15)5-7-20-24(19)21-8-6-12(16)23-14(18)10(3)4/h11-12,15-16,24H,1,3,5-8H2,2,4H3. The summed E-state index contributed by atoms with van der Waals surface area (Å²) >= 11 is 0. The molecule has 0 fully saturated rings. The van der Waals surface area contributed by atoms with Crippen LogP contribution in [0.1, 0.15) is 26.7 Å². The first-order chi connectivity index (χ1) is 11.1. The van der Waals surface area contributed by atoms with Gasteiger partial charge in [0.15, 0.2) is 0 Å². The summed E-state index contributed by atoms with van der Waals surface area (Å²) in [6.45, 7) is 9.23. The molecule has 0 aliphatic carbocycles. The van der Waals surface area contributed by atoms with E-state index in [4.69, 9.17) is 9.05 Å². The van der Waals surface area contributed by atoms with E-state index in [1.165, 1.54) is 13.8 Å². The molecular formula is C14H23O9P. The second kappa shape index (κ2) is 11.9. The van der Waals surface area contributed by atoms with Crippen LogP contribution in [0.25, 0.3) is 0 Å². The van der Waals surface area contributed by atoms with Crippen molar-refractivity contribution in [1.29, 1.82) is 0 Å². The molecule has 0 saturated carbocycles. The molecular weight excluding hydrogens is 343 g/mol. The van der Waals surface area contributed by atoms with Crippen molar-refractivity contribution >= 4 is 20.2 Å². The van der Waals surface area contributed by atoms with Crippen LogP contribution in [-0.2, 0) is 32.7 Å². The largest absolute Gasteiger partial charge is 0.433 e. The predicted octanol–water partition coefficient (Wildman–Crippen LogP) is 1.06. The van der Waals surface area contributed by atoms with Crippen LogP contribution < -0.4 is 0 Å². The molecule has 0 radical (unpaired) electrons. The van der Waals surface area contributed by atoms with Crippen molar-refractivity contribution in [2.24, 2.45) is 0 Å². The molecule has 0 saturated heterocycles. The van der Waals surface area contributed by atoms with Crippen LogP contribution in [-0.4, -0.2) is 47.9 Å². The Labute approximate surface area is 140 Å². The first-order valence-electron chi connectivity index (χ1n) is 7.02. The van der Waals surface area contributed by atoms with Crippen LogP contribution in [0.5, 0.6) is 0 Å². The van der Waals surface area contributed by atoms with E-state index >= 15 is 0 Å². The molecule has 0 bridgehead atoms. The number of hydrogen-bond donors (Lipinski definition) is 2. The summed E-state index contributed by atoms with van der Waals surface area (Å²) in [6, 6.07) is 0. The normalized spacial score (nSPS) is 14.3. The number of carbonyl (C=O) groups excluding carboxylic acids is 2. The van der Waals surface area contributed by atoms with E-state index in [0.29, 0.717) is 0 Å². The number of aliphatic hydroxyl groups excluding tert-OH is 2. The van der Waals surface area contributed by atoms with E-state index < -0.39 is 32.8 Å². The van der Waals surface area contributed by atoms with Crippen molar-refractivity contribution in [3.8, 4) is 0 Å². The third kappa shape index (κ3) is 11.1. The number of ether oxygens (including phenoxy) is 2. The highest BCUT2D eigenvalue weighted by Crippen LogP contribution is 2.24. The van der Waals surface area contributed by atoms with Crippen LogP contribution in [0.3, 0.4) is 0 Å². The highest BCUT2D eigenvalue weighted by Gasteiger charge is 2.14. The molecule has 0 aromatic rings. The van der Waals surface area contributed by atoms with Gasteiger partial charge in [0.2, 0.25) is 12.6 Å². The minimum Gasteiger partial charge on any atom is -0.433 e. The molecule has 2 unspecified atom stereocenters. The monoisotopic (exact) mass is 366 g/mol. The lowest BCUT2D eigenvalue weighted by Crippen LogP contribution is -2.19. The topological polar surface area (TPSA) is 129 Å². The van der Waals surface area contributed by atoms with Gasteiger partial charge in [-0.15, -0.1) is 0 Å². The van der Waals surface area contributed by atoms with Crippen LogP contribution in [0, 0.1) is 0 Å². The van der Waals surface area contributed by atoms with Gasteiger partial charge in [0.1, 0.15) is 0 Å². The molecule has 0 rings (SSSR count). The zero-order valence-electron chi connectivity index (χ0n) is 13.6. The van der Waals surface area contributed by atoms with Gasteiger partial charge >= 0.3 is 20.2 Å². The Balaban J connectivity index is 3.80. The maximum Gasteiger partial charge on any atom is 0.335 e. The molecule has 10 heteroatoms. The fourth-order valence-corrected chi connectivity index (χ4v) is 1.75. The van der Waals surface area contributed by atoms with E-state index in [9.17, 15) is 24.4 Å². The van der Waals surface area contributed by atoms with E-state index in [0.717, 1.165) is 0 Å². The van der Waals surface area contributed by atoms with Crippen molar-refractivity contribution in [2.45, 2.75) is 39.3 Å². The third-order valence-corrected chi connectivity index (χ3v) is 3.23. The van der Waals surface area contributed by atoms with Gasteiger partial charge in [-0.3, -0.25) is 4.57 Å². The maximum absolute atomic E-state index is 11.4. The minimum absolute atomic E-state index is 0.0996. The van der Waals surface area contributed by atoms with Crippen LogP contribution in [0.15, 0.2) is 24.3 Å². The van der Waals surface area contributed by atoms with E-state index in [1.807, 2.05) is 0 Å². The summed E-state index contributed by atoms with van der Waals surface area (Å²) < 4.78 is 30.2. The number of hydrogen-bond acceptors (Lipinski definition) is 9. The fourth-order valence-electron chi connectivity index (χ4n) is 1.09. The number of rotatable bonds is 12. The quantitative estimate of drug-likeness (QED) is 0.225. The zero-order chi connectivity index (χ0) is 18.7. The smallest absolute Gasteiger partial charge is 0.335 e. The fraction of sp³-hybridized carbons (Fsp3) is 0.571. The van der Waals surface area contributed by atoms with Gasteiger partial charge in [0.25, 0.3) is 0 Å². The number of esters is 2. The van der Waals surface area contributed by atoms with Crippen LogP contribution >= 0.6 is 8.25 Å². The van der Waals surface area contributed by atoms with Gasteiger partial charge < -0.3 is 28.7 Å². The number of carbonyl (C=O) groups is 2. The Hall–Kier alpha value is -1.51. The molecule has 2 N–H and O–H groups in total. The summed E-state index contributed by atoms with van der Waals surface area (Å²) in [5.74, 6) is -1.49. The molecule has 0 heterocycles. The number of aliphatic hydroxyl groups is 2. The van der Waals surface area contributed by atoms with Crippen molar-refractivity contribution in [2.75, 3.05) is 13.2 Å². The molecule has 138 valence electrons. The van der Waals surface area contributed by atoms with Gasteiger partial charge in [0.05, 0.1) is 13.2 Å². The molecule has 0 aromatic carbocycles. The first-order valence-corrected chi connectivity index (χ1v) is 8.24. The van der Waals surface area contributed by atoms with Crippen LogP contribution in [0.4, 0.5) is 0 Å². The highest BCUT2D eigenvalue weighted by molar-refractivity contribution is 7.33. The molecule has 2 atom stereocenters. The van der Waals surface area contributed by atoms with Crippen molar-refractivity contribution in [3.63, 3.8) is 0 Å². The van der Waals surface area contributed by atoms with Crippen molar-refractivity contribution < 1.29 is 42.9 Å². The van der Waals surface area contributed by atoms with Gasteiger partial charge in [-0.1, -0.05) is 13.2 Å². The summed E-state index contributed by atoms with van der Waals surface area (Å²) in [4.78, 5) is 22.2. The highest BCUT2D eigenvalue weighted by atomic mass is 31.1. The average Bonchev–Trinajstić information content (AvgIpc) is 2.46. The Morgan fingerprint density at radius 2 is 1.25 bits per heavy atom. The van der Waals surface area contributed by atoms with Gasteiger partial charge in [0, 0.05) is 24.0 Å². The summed E-state index contributed by atoms with van der Waals surface area (Å²) in [7, 11) is -2.86. The molecule has 0 aliphatic heterocycles. The Bertz CT molecular complexity index is 447. The SMILES string of the molecule is C=C(C)C(=O)OC(O)CCO[PH](=O)OCCC(O)OC(=O)C(=C)C. The van der Waals surface area contributed by atoms with Crippen molar-refractivity contribution in [3.05, 3.63) is 24.3 Å². The first kappa shape index (κ1) is 22.5.